The molecule has 0 aliphatic carbocycles. The van der Waals surface area contributed by atoms with Crippen molar-refractivity contribution < 1.29 is 14.2 Å². The minimum atomic E-state index is -0.278. The van der Waals surface area contributed by atoms with Gasteiger partial charge in [-0.3, -0.25) is 0 Å². The molecule has 0 spiro atoms. The fraction of sp³-hybridized carbons (Fsp3) is 0.571. The second-order valence-electron chi connectivity index (χ2n) is 4.83. The quantitative estimate of drug-likeness (QED) is 0.898. The Kier molecular flexibility index (Phi) is 4.07. The minimum Gasteiger partial charge on any atom is -0.494 e. The van der Waals surface area contributed by atoms with Crippen molar-refractivity contribution in [2.75, 3.05) is 24.6 Å². The average molecular weight is 253 g/mol. The van der Waals surface area contributed by atoms with Crippen molar-refractivity contribution >= 4 is 5.69 Å². The smallest absolute Gasteiger partial charge is 0.146 e. The number of nitrogens with zero attached hydrogens (tertiary/aromatic N) is 1. The van der Waals surface area contributed by atoms with Crippen molar-refractivity contribution in [3.8, 4) is 5.75 Å². The Morgan fingerprint density at radius 3 is 2.94 bits per heavy atom. The van der Waals surface area contributed by atoms with Crippen LogP contribution in [0.25, 0.3) is 0 Å². The van der Waals surface area contributed by atoms with Gasteiger partial charge in [-0.25, -0.2) is 4.39 Å². The number of aliphatic hydroxyl groups is 1. The Hall–Kier alpha value is -1.29. The number of ether oxygens (including phenoxy) is 1. The molecule has 0 aromatic heterocycles. The van der Waals surface area contributed by atoms with Crippen LogP contribution in [0.4, 0.5) is 10.1 Å². The van der Waals surface area contributed by atoms with E-state index in [1.807, 2.05) is 18.7 Å². The molecule has 18 heavy (non-hydrogen) atoms. The van der Waals surface area contributed by atoms with Gasteiger partial charge in [-0.15, -0.1) is 0 Å². The molecule has 0 bridgehead atoms. The van der Waals surface area contributed by atoms with Crippen molar-refractivity contribution in [2.24, 2.45) is 5.92 Å². The molecule has 1 aliphatic heterocycles. The van der Waals surface area contributed by atoms with E-state index in [4.69, 9.17) is 4.74 Å². The van der Waals surface area contributed by atoms with Crippen LogP contribution in [0.5, 0.6) is 5.75 Å². The summed E-state index contributed by atoms with van der Waals surface area (Å²) >= 11 is 0. The summed E-state index contributed by atoms with van der Waals surface area (Å²) in [6.45, 7) is 5.81. The second-order valence-corrected chi connectivity index (χ2v) is 4.83. The van der Waals surface area contributed by atoms with Crippen LogP contribution >= 0.6 is 0 Å². The molecule has 2 rings (SSSR count). The Morgan fingerprint density at radius 2 is 2.28 bits per heavy atom. The number of aliphatic hydroxyl groups excluding tert-OH is 1. The number of halogens is 1. The van der Waals surface area contributed by atoms with Gasteiger partial charge in [0.15, 0.2) is 0 Å². The summed E-state index contributed by atoms with van der Waals surface area (Å²) in [7, 11) is 0. The highest BCUT2D eigenvalue weighted by Gasteiger charge is 2.25. The van der Waals surface area contributed by atoms with E-state index in [1.165, 1.54) is 6.07 Å². The minimum absolute atomic E-state index is 0.161. The van der Waals surface area contributed by atoms with Gasteiger partial charge in [-0.1, -0.05) is 6.92 Å². The maximum Gasteiger partial charge on any atom is 0.146 e. The molecule has 1 heterocycles. The lowest BCUT2D eigenvalue weighted by atomic mass is 9.96. The first-order valence-electron chi connectivity index (χ1n) is 6.47. The van der Waals surface area contributed by atoms with E-state index in [0.717, 1.165) is 0 Å². The lowest BCUT2D eigenvalue weighted by Crippen LogP contribution is -2.42. The zero-order valence-corrected chi connectivity index (χ0v) is 10.9. The van der Waals surface area contributed by atoms with Crippen LogP contribution in [0.3, 0.4) is 0 Å². The van der Waals surface area contributed by atoms with Gasteiger partial charge in [0.1, 0.15) is 11.6 Å². The first-order valence-corrected chi connectivity index (χ1v) is 6.47. The number of anilines is 1. The van der Waals surface area contributed by atoms with Gasteiger partial charge in [0.2, 0.25) is 0 Å². The highest BCUT2D eigenvalue weighted by Crippen LogP contribution is 2.29. The largest absolute Gasteiger partial charge is 0.494 e. The van der Waals surface area contributed by atoms with E-state index < -0.39 is 0 Å². The van der Waals surface area contributed by atoms with Crippen molar-refractivity contribution in [2.45, 2.75) is 26.4 Å². The van der Waals surface area contributed by atoms with Crippen molar-refractivity contribution in [1.82, 2.24) is 0 Å². The van der Waals surface area contributed by atoms with Gasteiger partial charge in [-0.05, 0) is 31.4 Å². The van der Waals surface area contributed by atoms with E-state index in [-0.39, 0.29) is 17.8 Å². The SMILES string of the molecule is CCOc1ccc(F)c(N2CC[C@@H](O)[C@H](C)C2)c1. The summed E-state index contributed by atoms with van der Waals surface area (Å²) in [5.41, 5.74) is 0.569. The number of hydrogen-bond donors (Lipinski definition) is 1. The van der Waals surface area contributed by atoms with Gasteiger partial charge in [-0.2, -0.15) is 0 Å². The normalized spacial score (nSPS) is 24.1. The molecular formula is C14H20FNO2. The predicted molar refractivity (Wildman–Crippen MR) is 69.6 cm³/mol. The zero-order chi connectivity index (χ0) is 13.1. The topological polar surface area (TPSA) is 32.7 Å². The lowest BCUT2D eigenvalue weighted by molar-refractivity contribution is 0.0969. The Labute approximate surface area is 107 Å². The number of benzene rings is 1. The zero-order valence-electron chi connectivity index (χ0n) is 10.9. The average Bonchev–Trinajstić information content (AvgIpc) is 2.35. The molecule has 100 valence electrons. The summed E-state index contributed by atoms with van der Waals surface area (Å²) in [5.74, 6) is 0.614. The monoisotopic (exact) mass is 253 g/mol. The van der Waals surface area contributed by atoms with Crippen LogP contribution in [0.15, 0.2) is 18.2 Å². The van der Waals surface area contributed by atoms with Crippen molar-refractivity contribution in [3.63, 3.8) is 0 Å². The molecule has 4 heteroatoms. The predicted octanol–water partition coefficient (Wildman–Crippen LogP) is 2.43. The van der Waals surface area contributed by atoms with Crippen LogP contribution in [-0.4, -0.2) is 30.9 Å². The number of rotatable bonds is 3. The first kappa shape index (κ1) is 13.1. The van der Waals surface area contributed by atoms with Crippen molar-refractivity contribution in [3.05, 3.63) is 24.0 Å². The van der Waals surface area contributed by atoms with Crippen LogP contribution < -0.4 is 9.64 Å². The Balaban J connectivity index is 2.19. The van der Waals surface area contributed by atoms with Gasteiger partial charge in [0, 0.05) is 19.2 Å². The molecule has 1 fully saturated rings. The third-order valence-corrected chi connectivity index (χ3v) is 3.43. The number of hydrogen-bond acceptors (Lipinski definition) is 3. The second kappa shape index (κ2) is 5.57. The molecular weight excluding hydrogens is 233 g/mol. The molecule has 1 N–H and O–H groups in total. The van der Waals surface area contributed by atoms with E-state index in [1.54, 1.807) is 12.1 Å². The van der Waals surface area contributed by atoms with E-state index >= 15 is 0 Å². The standard InChI is InChI=1S/C14H20FNO2/c1-3-18-11-4-5-12(15)13(8-11)16-7-6-14(17)10(2)9-16/h4-5,8,10,14,17H,3,6-7,9H2,1-2H3/t10-,14-/m1/s1. The summed E-state index contributed by atoms with van der Waals surface area (Å²) in [5, 5.41) is 9.71. The van der Waals surface area contributed by atoms with Crippen LogP contribution in [0.2, 0.25) is 0 Å². The Bertz CT molecular complexity index is 411. The molecule has 3 nitrogen and oxygen atoms in total. The molecule has 0 saturated carbocycles. The van der Waals surface area contributed by atoms with Crippen LogP contribution in [-0.2, 0) is 0 Å². The highest BCUT2D eigenvalue weighted by atomic mass is 19.1. The third-order valence-electron chi connectivity index (χ3n) is 3.43. The maximum absolute atomic E-state index is 13.9. The molecule has 1 aliphatic rings. The van der Waals surface area contributed by atoms with E-state index in [0.29, 0.717) is 37.6 Å². The molecule has 1 saturated heterocycles. The van der Waals surface area contributed by atoms with Gasteiger partial charge in [0.25, 0.3) is 0 Å². The van der Waals surface area contributed by atoms with Crippen LogP contribution in [0, 0.1) is 11.7 Å². The van der Waals surface area contributed by atoms with E-state index in [9.17, 15) is 9.50 Å². The molecule has 1 aromatic rings. The van der Waals surface area contributed by atoms with Gasteiger partial charge in [0.05, 0.1) is 18.4 Å². The fourth-order valence-electron chi connectivity index (χ4n) is 2.34. The first-order chi connectivity index (χ1) is 8.61. The van der Waals surface area contributed by atoms with Crippen LogP contribution in [0.1, 0.15) is 20.3 Å². The maximum atomic E-state index is 13.9. The van der Waals surface area contributed by atoms with Gasteiger partial charge >= 0.3 is 0 Å². The fourth-order valence-corrected chi connectivity index (χ4v) is 2.34. The Morgan fingerprint density at radius 1 is 1.50 bits per heavy atom. The van der Waals surface area contributed by atoms with Gasteiger partial charge < -0.3 is 14.7 Å². The summed E-state index contributed by atoms with van der Waals surface area (Å²) in [4.78, 5) is 1.98. The lowest BCUT2D eigenvalue weighted by Gasteiger charge is -2.36. The molecule has 1 aromatic carbocycles. The molecule has 2 atom stereocenters. The van der Waals surface area contributed by atoms with Crippen molar-refractivity contribution in [1.29, 1.82) is 0 Å². The highest BCUT2D eigenvalue weighted by molar-refractivity contribution is 5.52. The third kappa shape index (κ3) is 2.75. The molecule has 0 amide bonds. The summed E-state index contributed by atoms with van der Waals surface area (Å²) in [6.07, 6.45) is 0.402. The molecule has 0 radical (unpaired) electrons. The summed E-state index contributed by atoms with van der Waals surface area (Å²) < 4.78 is 19.3. The molecule has 0 unspecified atom stereocenters. The number of piperidine rings is 1. The van der Waals surface area contributed by atoms with E-state index in [2.05, 4.69) is 0 Å². The summed E-state index contributed by atoms with van der Waals surface area (Å²) in [6, 6.07) is 4.82.